The van der Waals surface area contributed by atoms with Crippen LogP contribution in [0.25, 0.3) is 0 Å². The maximum absolute atomic E-state index is 12.2. The SMILES string of the molecule is O=S(=O)(CCc1ccccc1)NCC1CCN(CCc2ccccc2)CC1. The van der Waals surface area contributed by atoms with E-state index < -0.39 is 10.0 Å². The second kappa shape index (κ2) is 10.0. The molecule has 1 N–H and O–H groups in total. The van der Waals surface area contributed by atoms with Gasteiger partial charge in [-0.1, -0.05) is 60.7 Å². The Bertz CT molecular complexity index is 770. The van der Waals surface area contributed by atoms with Crippen LogP contribution in [0, 0.1) is 5.92 Å². The second-order valence-corrected chi connectivity index (χ2v) is 9.35. The summed E-state index contributed by atoms with van der Waals surface area (Å²) in [5.41, 5.74) is 2.44. The molecule has 4 nitrogen and oxygen atoms in total. The van der Waals surface area contributed by atoms with Crippen LogP contribution in [-0.4, -0.2) is 45.2 Å². The minimum absolute atomic E-state index is 0.160. The van der Waals surface area contributed by atoms with Crippen molar-refractivity contribution >= 4 is 10.0 Å². The van der Waals surface area contributed by atoms with Crippen LogP contribution in [0.5, 0.6) is 0 Å². The van der Waals surface area contributed by atoms with Gasteiger partial charge in [0.05, 0.1) is 5.75 Å². The molecule has 0 aromatic heterocycles. The molecular formula is C22H30N2O2S. The van der Waals surface area contributed by atoms with E-state index in [1.807, 2.05) is 30.3 Å². The Morgan fingerprint density at radius 1 is 0.852 bits per heavy atom. The Hall–Kier alpha value is -1.69. The molecule has 1 aliphatic rings. The van der Waals surface area contributed by atoms with Crippen molar-refractivity contribution < 1.29 is 8.42 Å². The molecule has 0 amide bonds. The van der Waals surface area contributed by atoms with E-state index in [2.05, 4.69) is 40.0 Å². The fraction of sp³-hybridized carbons (Fsp3) is 0.455. The third-order valence-corrected chi connectivity index (χ3v) is 6.71. The van der Waals surface area contributed by atoms with Crippen LogP contribution >= 0.6 is 0 Å². The molecule has 2 aromatic rings. The van der Waals surface area contributed by atoms with E-state index in [9.17, 15) is 8.42 Å². The fourth-order valence-electron chi connectivity index (χ4n) is 3.56. The molecule has 3 rings (SSSR count). The van der Waals surface area contributed by atoms with Crippen LogP contribution in [-0.2, 0) is 22.9 Å². The topological polar surface area (TPSA) is 49.4 Å². The highest BCUT2D eigenvalue weighted by Gasteiger charge is 2.21. The predicted molar refractivity (Wildman–Crippen MR) is 111 cm³/mol. The third kappa shape index (κ3) is 7.09. The lowest BCUT2D eigenvalue weighted by Crippen LogP contribution is -2.40. The summed E-state index contributed by atoms with van der Waals surface area (Å²) >= 11 is 0. The summed E-state index contributed by atoms with van der Waals surface area (Å²) in [6.45, 7) is 3.77. The van der Waals surface area contributed by atoms with Crippen molar-refractivity contribution in [3.63, 3.8) is 0 Å². The maximum atomic E-state index is 12.2. The second-order valence-electron chi connectivity index (χ2n) is 7.42. The van der Waals surface area contributed by atoms with E-state index >= 15 is 0 Å². The zero-order valence-electron chi connectivity index (χ0n) is 15.9. The first-order valence-electron chi connectivity index (χ1n) is 9.88. The van der Waals surface area contributed by atoms with Crippen molar-refractivity contribution in [3.8, 4) is 0 Å². The summed E-state index contributed by atoms with van der Waals surface area (Å²) < 4.78 is 27.3. The number of aryl methyl sites for hydroxylation is 1. The number of rotatable bonds is 9. The van der Waals surface area contributed by atoms with Crippen molar-refractivity contribution in [2.75, 3.05) is 31.9 Å². The molecule has 27 heavy (non-hydrogen) atoms. The molecule has 5 heteroatoms. The van der Waals surface area contributed by atoms with Gasteiger partial charge in [0.25, 0.3) is 0 Å². The molecule has 1 aliphatic heterocycles. The van der Waals surface area contributed by atoms with Gasteiger partial charge in [-0.3, -0.25) is 0 Å². The first-order chi connectivity index (χ1) is 13.1. The van der Waals surface area contributed by atoms with Crippen LogP contribution in [0.4, 0.5) is 0 Å². The van der Waals surface area contributed by atoms with E-state index in [1.165, 1.54) is 5.56 Å². The standard InChI is InChI=1S/C22H30N2O2S/c25-27(26,18-14-21-9-5-2-6-10-21)23-19-22-12-16-24(17-13-22)15-11-20-7-3-1-4-8-20/h1-10,22-23H,11-19H2. The average molecular weight is 387 g/mol. The molecule has 0 aliphatic carbocycles. The largest absolute Gasteiger partial charge is 0.303 e. The van der Waals surface area contributed by atoms with E-state index in [0.29, 0.717) is 18.9 Å². The summed E-state index contributed by atoms with van der Waals surface area (Å²) in [5, 5.41) is 0. The summed E-state index contributed by atoms with van der Waals surface area (Å²) in [4.78, 5) is 2.49. The smallest absolute Gasteiger partial charge is 0.211 e. The molecule has 0 bridgehead atoms. The lowest BCUT2D eigenvalue weighted by Gasteiger charge is -2.32. The van der Waals surface area contributed by atoms with Crippen LogP contribution in [0.1, 0.15) is 24.0 Å². The summed E-state index contributed by atoms with van der Waals surface area (Å²) in [6.07, 6.45) is 3.78. The number of hydrogen-bond donors (Lipinski definition) is 1. The first kappa shape index (κ1) is 20.1. The van der Waals surface area contributed by atoms with Crippen LogP contribution in [0.3, 0.4) is 0 Å². The number of piperidine rings is 1. The van der Waals surface area contributed by atoms with Gasteiger partial charge in [0.15, 0.2) is 0 Å². The zero-order chi connectivity index (χ0) is 19.0. The molecule has 0 radical (unpaired) electrons. The lowest BCUT2D eigenvalue weighted by molar-refractivity contribution is 0.187. The molecule has 2 aromatic carbocycles. The van der Waals surface area contributed by atoms with Crippen molar-refractivity contribution in [3.05, 3.63) is 71.8 Å². The maximum Gasteiger partial charge on any atom is 0.211 e. The van der Waals surface area contributed by atoms with Crippen molar-refractivity contribution in [2.45, 2.75) is 25.7 Å². The Morgan fingerprint density at radius 3 is 2.00 bits per heavy atom. The lowest BCUT2D eigenvalue weighted by atomic mass is 9.97. The number of hydrogen-bond acceptors (Lipinski definition) is 3. The molecular weight excluding hydrogens is 356 g/mol. The molecule has 0 unspecified atom stereocenters. The monoisotopic (exact) mass is 386 g/mol. The minimum atomic E-state index is -3.20. The highest BCUT2D eigenvalue weighted by atomic mass is 32.2. The Balaban J connectivity index is 1.34. The van der Waals surface area contributed by atoms with Crippen LogP contribution in [0.2, 0.25) is 0 Å². The average Bonchev–Trinajstić information content (AvgIpc) is 2.72. The summed E-state index contributed by atoms with van der Waals surface area (Å²) in [7, 11) is -3.20. The van der Waals surface area contributed by atoms with Gasteiger partial charge in [0.1, 0.15) is 0 Å². The number of sulfonamides is 1. The molecule has 1 fully saturated rings. The van der Waals surface area contributed by atoms with Gasteiger partial charge in [0, 0.05) is 13.1 Å². The van der Waals surface area contributed by atoms with E-state index in [-0.39, 0.29) is 5.75 Å². The normalized spacial score (nSPS) is 16.4. The van der Waals surface area contributed by atoms with Gasteiger partial charge < -0.3 is 4.90 Å². The zero-order valence-corrected chi connectivity index (χ0v) is 16.7. The van der Waals surface area contributed by atoms with Crippen molar-refractivity contribution in [1.82, 2.24) is 9.62 Å². The molecule has 1 saturated heterocycles. The highest BCUT2D eigenvalue weighted by Crippen LogP contribution is 2.17. The molecule has 0 atom stereocenters. The first-order valence-corrected chi connectivity index (χ1v) is 11.5. The van der Waals surface area contributed by atoms with Gasteiger partial charge >= 0.3 is 0 Å². The molecule has 146 valence electrons. The number of likely N-dealkylation sites (tertiary alicyclic amines) is 1. The number of nitrogens with zero attached hydrogens (tertiary/aromatic N) is 1. The van der Waals surface area contributed by atoms with E-state index in [4.69, 9.17) is 0 Å². The van der Waals surface area contributed by atoms with E-state index in [1.54, 1.807) is 0 Å². The Labute approximate surface area is 163 Å². The minimum Gasteiger partial charge on any atom is -0.303 e. The van der Waals surface area contributed by atoms with Crippen LogP contribution in [0.15, 0.2) is 60.7 Å². The fourth-order valence-corrected chi connectivity index (χ4v) is 4.70. The van der Waals surface area contributed by atoms with E-state index in [0.717, 1.165) is 44.5 Å². The Morgan fingerprint density at radius 2 is 1.41 bits per heavy atom. The van der Waals surface area contributed by atoms with Gasteiger partial charge in [-0.05, 0) is 55.8 Å². The third-order valence-electron chi connectivity index (χ3n) is 5.36. The van der Waals surface area contributed by atoms with Gasteiger partial charge in [-0.25, -0.2) is 13.1 Å². The summed E-state index contributed by atoms with van der Waals surface area (Å²) in [6, 6.07) is 20.4. The van der Waals surface area contributed by atoms with Crippen LogP contribution < -0.4 is 4.72 Å². The Kier molecular flexibility index (Phi) is 7.44. The molecule has 0 saturated carbocycles. The molecule has 1 heterocycles. The highest BCUT2D eigenvalue weighted by molar-refractivity contribution is 7.89. The van der Waals surface area contributed by atoms with Gasteiger partial charge in [0.2, 0.25) is 10.0 Å². The van der Waals surface area contributed by atoms with Crippen molar-refractivity contribution in [2.24, 2.45) is 5.92 Å². The molecule has 0 spiro atoms. The quantitative estimate of drug-likeness (QED) is 0.720. The van der Waals surface area contributed by atoms with Gasteiger partial charge in [-0.15, -0.1) is 0 Å². The number of nitrogens with one attached hydrogen (secondary N) is 1. The number of benzene rings is 2. The van der Waals surface area contributed by atoms with Crippen molar-refractivity contribution in [1.29, 1.82) is 0 Å². The summed E-state index contributed by atoms with van der Waals surface area (Å²) in [5.74, 6) is 0.608. The van der Waals surface area contributed by atoms with Gasteiger partial charge in [-0.2, -0.15) is 0 Å². The predicted octanol–water partition coefficient (Wildman–Crippen LogP) is 3.10.